The number of pyridine rings is 3. The molecule has 17 heteroatoms. The zero-order chi connectivity index (χ0) is 28.7. The van der Waals surface area contributed by atoms with Crippen molar-refractivity contribution in [2.45, 2.75) is 13.2 Å². The van der Waals surface area contributed by atoms with Crippen molar-refractivity contribution in [2.24, 2.45) is 0 Å². The van der Waals surface area contributed by atoms with Gasteiger partial charge in [-0.15, -0.1) is 12.4 Å². The van der Waals surface area contributed by atoms with Crippen molar-refractivity contribution in [3.05, 3.63) is 72.1 Å². The molecule has 0 saturated carbocycles. The molecule has 0 bridgehead atoms. The smallest absolute Gasteiger partial charge is 0.387 e. The summed E-state index contributed by atoms with van der Waals surface area (Å²) in [5.74, 6) is -2.60. The lowest BCUT2D eigenvalue weighted by atomic mass is 10.3. The van der Waals surface area contributed by atoms with E-state index < -0.39 is 31.1 Å². The Hall–Kier alpha value is -4.73. The van der Waals surface area contributed by atoms with E-state index in [1.165, 1.54) is 44.7 Å². The predicted molar refractivity (Wildman–Crippen MR) is 125 cm³/mol. The van der Waals surface area contributed by atoms with Crippen molar-refractivity contribution in [1.29, 1.82) is 0 Å². The molecular formula is C22H20ClF4N3O9. The molecule has 0 atom stereocenters. The monoisotopic (exact) mass is 581 g/mol. The fourth-order valence-corrected chi connectivity index (χ4v) is 2.07. The van der Waals surface area contributed by atoms with Gasteiger partial charge in [0.2, 0.25) is 0 Å². The molecule has 0 aliphatic heterocycles. The lowest BCUT2D eigenvalue weighted by Crippen LogP contribution is -2.06. The van der Waals surface area contributed by atoms with E-state index in [1.54, 1.807) is 0 Å². The first kappa shape index (κ1) is 34.3. The minimum absolute atomic E-state index is 0. The fraction of sp³-hybridized carbons (Fsp3) is 0.182. The first-order valence-electron chi connectivity index (χ1n) is 9.83. The van der Waals surface area contributed by atoms with Crippen LogP contribution in [0.2, 0.25) is 0 Å². The van der Waals surface area contributed by atoms with Crippen LogP contribution in [0.1, 0.15) is 31.5 Å². The number of aromatic carboxylic acids is 1. The number of carbonyl (C=O) groups is 3. The number of hydrogen-bond donors (Lipinski definition) is 2. The highest BCUT2D eigenvalue weighted by Crippen LogP contribution is 2.13. The summed E-state index contributed by atoms with van der Waals surface area (Å²) in [5.41, 5.74) is 0.000956. The summed E-state index contributed by atoms with van der Waals surface area (Å²) >= 11 is 0. The molecule has 0 radical (unpaired) electrons. The van der Waals surface area contributed by atoms with Gasteiger partial charge in [0.25, 0.3) is 0 Å². The maximum Gasteiger partial charge on any atom is 0.387 e. The third kappa shape index (κ3) is 13.4. The molecule has 0 saturated heterocycles. The summed E-state index contributed by atoms with van der Waals surface area (Å²) in [5, 5.41) is 17.2. The summed E-state index contributed by atoms with van der Waals surface area (Å²) in [6, 6.07) is 7.41. The lowest BCUT2D eigenvalue weighted by Gasteiger charge is -2.03. The number of alkyl halides is 4. The van der Waals surface area contributed by atoms with E-state index >= 15 is 0 Å². The van der Waals surface area contributed by atoms with Crippen LogP contribution in [0.3, 0.4) is 0 Å². The summed E-state index contributed by atoms with van der Waals surface area (Å²) in [7, 11) is 2.48. The Morgan fingerprint density at radius 3 is 1.36 bits per heavy atom. The molecule has 3 heterocycles. The minimum atomic E-state index is -2.93. The molecule has 212 valence electrons. The van der Waals surface area contributed by atoms with Gasteiger partial charge in [-0.05, 0) is 36.4 Å². The van der Waals surface area contributed by atoms with Gasteiger partial charge in [0.15, 0.2) is 0 Å². The number of carboxylic acid groups (broad SMARTS) is 1. The first-order chi connectivity index (χ1) is 18.0. The Morgan fingerprint density at radius 1 is 0.692 bits per heavy atom. The fourth-order valence-electron chi connectivity index (χ4n) is 2.07. The van der Waals surface area contributed by atoms with Gasteiger partial charge in [0.05, 0.1) is 32.8 Å². The third-order valence-corrected chi connectivity index (χ3v) is 3.68. The van der Waals surface area contributed by atoms with Gasteiger partial charge in [-0.1, -0.05) is 0 Å². The Labute approximate surface area is 223 Å². The van der Waals surface area contributed by atoms with Crippen molar-refractivity contribution >= 4 is 30.3 Å². The number of methoxy groups -OCH3 is 2. The van der Waals surface area contributed by atoms with Gasteiger partial charge in [0.1, 0.15) is 34.3 Å². The van der Waals surface area contributed by atoms with E-state index in [4.69, 9.17) is 10.2 Å². The van der Waals surface area contributed by atoms with Crippen molar-refractivity contribution in [1.82, 2.24) is 15.0 Å². The van der Waals surface area contributed by atoms with Crippen LogP contribution in [-0.2, 0) is 9.47 Å². The number of carboxylic acids is 1. The maximum atomic E-state index is 11.7. The first-order valence-corrected chi connectivity index (χ1v) is 9.83. The van der Waals surface area contributed by atoms with Crippen LogP contribution >= 0.6 is 12.4 Å². The Bertz CT molecular complexity index is 1170. The average Bonchev–Trinajstić information content (AvgIpc) is 2.89. The number of aromatic hydroxyl groups is 1. The Balaban J connectivity index is 0.000000552. The lowest BCUT2D eigenvalue weighted by molar-refractivity contribution is -0.0507. The second kappa shape index (κ2) is 17.7. The van der Waals surface area contributed by atoms with Crippen LogP contribution < -0.4 is 9.47 Å². The normalized spacial score (nSPS) is 9.54. The molecule has 39 heavy (non-hydrogen) atoms. The molecule has 3 rings (SSSR count). The van der Waals surface area contributed by atoms with Crippen LogP contribution in [0, 0.1) is 0 Å². The molecule has 0 aromatic carbocycles. The van der Waals surface area contributed by atoms with Crippen molar-refractivity contribution in [3.63, 3.8) is 0 Å². The van der Waals surface area contributed by atoms with Gasteiger partial charge in [-0.3, -0.25) is 0 Å². The molecule has 0 spiro atoms. The number of carbonyl (C=O) groups excluding carboxylic acids is 2. The number of aromatic nitrogens is 3. The summed E-state index contributed by atoms with van der Waals surface area (Å²) in [4.78, 5) is 42.5. The topological polar surface area (TPSA) is 167 Å². The van der Waals surface area contributed by atoms with Crippen LogP contribution in [0.5, 0.6) is 17.2 Å². The number of ether oxygens (including phenoxy) is 4. The van der Waals surface area contributed by atoms with Crippen molar-refractivity contribution in [2.75, 3.05) is 14.2 Å². The molecule has 2 N–H and O–H groups in total. The van der Waals surface area contributed by atoms with E-state index in [1.807, 2.05) is 0 Å². The summed E-state index contributed by atoms with van der Waals surface area (Å²) in [6.07, 6.45) is 3.14. The van der Waals surface area contributed by atoms with Gasteiger partial charge >= 0.3 is 31.1 Å². The number of rotatable bonds is 7. The van der Waals surface area contributed by atoms with Gasteiger partial charge < -0.3 is 29.2 Å². The number of nitrogens with zero attached hydrogens (tertiary/aromatic N) is 3. The summed E-state index contributed by atoms with van der Waals surface area (Å²) in [6.45, 7) is -5.83. The van der Waals surface area contributed by atoms with E-state index in [2.05, 4.69) is 33.9 Å². The Morgan fingerprint density at radius 2 is 1.08 bits per heavy atom. The largest absolute Gasteiger partial charge is 0.506 e. The third-order valence-electron chi connectivity index (χ3n) is 3.68. The standard InChI is InChI=1S/C8H7F2NO3.C7H5F2NO3.C7H7NO3.ClH/c1-13-7(12)6-3-2-5(4-11-6)14-8(9)10;8-7(9)13-4-1-2-5(6(11)12)10-3-4;1-11-7(10)6-3-2-5(9)4-8-6;/h2-4,8H,1H3;1-3,7H,(H,11,12);2-4,9H,1H3;1H. The molecule has 3 aromatic heterocycles. The molecular weight excluding hydrogens is 562 g/mol. The highest BCUT2D eigenvalue weighted by atomic mass is 35.5. The zero-order valence-electron chi connectivity index (χ0n) is 19.9. The van der Waals surface area contributed by atoms with Crippen LogP contribution in [0.25, 0.3) is 0 Å². The molecule has 3 aromatic rings. The Kier molecular flexibility index (Phi) is 15.5. The second-order valence-electron chi connectivity index (χ2n) is 6.21. The van der Waals surface area contributed by atoms with Gasteiger partial charge in [-0.25, -0.2) is 29.3 Å². The van der Waals surface area contributed by atoms with Crippen molar-refractivity contribution < 1.29 is 61.1 Å². The van der Waals surface area contributed by atoms with E-state index in [0.717, 1.165) is 24.5 Å². The maximum absolute atomic E-state index is 11.7. The quantitative estimate of drug-likeness (QED) is 0.306. The minimum Gasteiger partial charge on any atom is -0.506 e. The van der Waals surface area contributed by atoms with Gasteiger partial charge in [-0.2, -0.15) is 17.6 Å². The van der Waals surface area contributed by atoms with E-state index in [0.29, 0.717) is 0 Å². The number of hydrogen-bond acceptors (Lipinski definition) is 11. The molecule has 0 aliphatic carbocycles. The average molecular weight is 582 g/mol. The molecule has 0 fully saturated rings. The van der Waals surface area contributed by atoms with Crippen LogP contribution in [-0.4, -0.2) is 70.5 Å². The SMILES string of the molecule is COC(=O)c1ccc(O)cn1.COC(=O)c1ccc(OC(F)F)cn1.Cl.O=C(O)c1ccc(OC(F)F)cn1. The van der Waals surface area contributed by atoms with Crippen LogP contribution in [0.4, 0.5) is 17.6 Å². The molecule has 0 amide bonds. The molecule has 12 nitrogen and oxygen atoms in total. The van der Waals surface area contributed by atoms with Crippen molar-refractivity contribution in [3.8, 4) is 17.2 Å². The molecule has 0 aliphatic rings. The van der Waals surface area contributed by atoms with Gasteiger partial charge in [0, 0.05) is 0 Å². The number of halogens is 5. The predicted octanol–water partition coefficient (Wildman–Crippen LogP) is 3.85. The molecule has 0 unspecified atom stereocenters. The van der Waals surface area contributed by atoms with Crippen LogP contribution in [0.15, 0.2) is 55.0 Å². The number of esters is 2. The van der Waals surface area contributed by atoms with E-state index in [9.17, 15) is 31.9 Å². The highest BCUT2D eigenvalue weighted by Gasteiger charge is 2.09. The zero-order valence-corrected chi connectivity index (χ0v) is 20.7. The van der Waals surface area contributed by atoms with E-state index in [-0.39, 0.29) is 46.7 Å². The second-order valence-corrected chi connectivity index (χ2v) is 6.21. The summed E-state index contributed by atoms with van der Waals surface area (Å²) < 4.78 is 63.4. The highest BCUT2D eigenvalue weighted by molar-refractivity contribution is 5.87.